The Morgan fingerprint density at radius 3 is 2.45 bits per heavy atom. The molecule has 1 aliphatic rings. The van der Waals surface area contributed by atoms with E-state index in [-0.39, 0.29) is 11.5 Å². The summed E-state index contributed by atoms with van der Waals surface area (Å²) < 4.78 is 0. The van der Waals surface area contributed by atoms with Crippen LogP contribution in [0.1, 0.15) is 36.5 Å². The molecule has 102 valence electrons. The molecule has 0 unspecified atom stereocenters. The summed E-state index contributed by atoms with van der Waals surface area (Å²) in [5.41, 5.74) is -0.514. The van der Waals surface area contributed by atoms with Crippen LogP contribution in [0.4, 0.5) is 0 Å². The maximum Gasteiger partial charge on any atom is 0.355 e. The van der Waals surface area contributed by atoms with Crippen LogP contribution >= 0.6 is 0 Å². The highest BCUT2D eigenvalue weighted by atomic mass is 16.7. The lowest BCUT2D eigenvalue weighted by Gasteiger charge is -2.30. The van der Waals surface area contributed by atoms with Crippen LogP contribution in [0, 0.1) is 16.7 Å². The highest BCUT2D eigenvalue weighted by Crippen LogP contribution is 2.41. The topological polar surface area (TPSA) is 79.5 Å². The fraction of sp³-hybridized carbons (Fsp3) is 0.333. The molecule has 0 radical (unpaired) electrons. The van der Waals surface area contributed by atoms with Crippen molar-refractivity contribution in [2.75, 3.05) is 0 Å². The number of oxime groups is 1. The molecule has 0 aromatic heterocycles. The van der Waals surface area contributed by atoms with Crippen LogP contribution in [0.5, 0.6) is 0 Å². The van der Waals surface area contributed by atoms with Gasteiger partial charge in [0.05, 0.1) is 6.07 Å². The second kappa shape index (κ2) is 5.66. The van der Waals surface area contributed by atoms with Crippen LogP contribution in [0.3, 0.4) is 0 Å². The van der Waals surface area contributed by atoms with Gasteiger partial charge < -0.3 is 4.84 Å². The van der Waals surface area contributed by atoms with E-state index in [0.29, 0.717) is 18.4 Å². The van der Waals surface area contributed by atoms with Crippen molar-refractivity contribution < 1.29 is 14.4 Å². The average Bonchev–Trinajstić information content (AvgIpc) is 2.44. The first-order chi connectivity index (χ1) is 9.59. The number of hydrogen-bond acceptors (Lipinski definition) is 5. The highest BCUT2D eigenvalue weighted by molar-refractivity contribution is 6.45. The first kappa shape index (κ1) is 13.9. The number of rotatable bonds is 4. The Kier molecular flexibility index (Phi) is 3.94. The molecule has 5 nitrogen and oxygen atoms in total. The predicted molar refractivity (Wildman–Crippen MR) is 71.9 cm³/mol. The third kappa shape index (κ3) is 2.59. The Balaban J connectivity index is 2.03. The molecule has 0 atom stereocenters. The number of carbonyl (C=O) groups excluding carboxylic acids is 2. The number of nitrogens with zero attached hydrogens (tertiary/aromatic N) is 2. The number of benzene rings is 1. The van der Waals surface area contributed by atoms with Gasteiger partial charge in [-0.25, -0.2) is 4.79 Å². The summed E-state index contributed by atoms with van der Waals surface area (Å²) in [6.45, 7) is 1.47. The third-order valence-corrected chi connectivity index (χ3v) is 3.44. The molecule has 0 spiro atoms. The molecule has 20 heavy (non-hydrogen) atoms. The minimum atomic E-state index is -1.07. The lowest BCUT2D eigenvalue weighted by Crippen LogP contribution is -2.37. The van der Waals surface area contributed by atoms with Crippen molar-refractivity contribution in [3.63, 3.8) is 0 Å². The Hall–Kier alpha value is -2.48. The SMILES string of the molecule is C/C(=N\OC(=O)C1(C#N)CCC1)C(=O)c1ccccc1. The van der Waals surface area contributed by atoms with E-state index in [0.717, 1.165) is 6.42 Å². The van der Waals surface area contributed by atoms with Gasteiger partial charge in [-0.3, -0.25) is 4.79 Å². The lowest BCUT2D eigenvalue weighted by molar-refractivity contribution is -0.156. The van der Waals surface area contributed by atoms with E-state index in [9.17, 15) is 9.59 Å². The molecule has 1 aliphatic carbocycles. The Morgan fingerprint density at radius 1 is 1.30 bits per heavy atom. The van der Waals surface area contributed by atoms with Gasteiger partial charge in [0.1, 0.15) is 5.71 Å². The maximum atomic E-state index is 12.0. The minimum absolute atomic E-state index is 0.0805. The van der Waals surface area contributed by atoms with Crippen LogP contribution in [0.25, 0.3) is 0 Å². The molecule has 0 amide bonds. The van der Waals surface area contributed by atoms with Gasteiger partial charge in [0.2, 0.25) is 5.78 Å². The molecule has 5 heteroatoms. The van der Waals surface area contributed by atoms with E-state index in [1.54, 1.807) is 30.3 Å². The molecule has 0 aliphatic heterocycles. The van der Waals surface area contributed by atoms with Gasteiger partial charge in [0, 0.05) is 5.56 Å². The predicted octanol–water partition coefficient (Wildman–Crippen LogP) is 2.48. The second-order valence-corrected chi connectivity index (χ2v) is 4.80. The van der Waals surface area contributed by atoms with Crippen molar-refractivity contribution in [2.45, 2.75) is 26.2 Å². The molecular weight excluding hydrogens is 256 g/mol. The summed E-state index contributed by atoms with van der Waals surface area (Å²) in [6.07, 6.45) is 1.81. The van der Waals surface area contributed by atoms with Crippen molar-refractivity contribution in [2.24, 2.45) is 10.6 Å². The fourth-order valence-corrected chi connectivity index (χ4v) is 1.93. The quantitative estimate of drug-likeness (QED) is 0.364. The molecular formula is C15H14N2O3. The van der Waals surface area contributed by atoms with Crippen LogP contribution in [-0.2, 0) is 9.63 Å². The van der Waals surface area contributed by atoms with Crippen LogP contribution in [-0.4, -0.2) is 17.5 Å². The van der Waals surface area contributed by atoms with Crippen molar-refractivity contribution in [3.8, 4) is 6.07 Å². The molecule has 0 saturated heterocycles. The van der Waals surface area contributed by atoms with E-state index < -0.39 is 11.4 Å². The van der Waals surface area contributed by atoms with E-state index in [1.165, 1.54) is 6.92 Å². The highest BCUT2D eigenvalue weighted by Gasteiger charge is 2.46. The van der Waals surface area contributed by atoms with Gasteiger partial charge in [0.25, 0.3) is 0 Å². The van der Waals surface area contributed by atoms with E-state index in [2.05, 4.69) is 5.16 Å². The standard InChI is InChI=1S/C15H14N2O3/c1-11(13(18)12-6-3-2-4-7-12)17-20-14(19)15(10-16)8-5-9-15/h2-4,6-7H,5,8-9H2,1H3/b17-11+. The van der Waals surface area contributed by atoms with Gasteiger partial charge in [-0.2, -0.15) is 5.26 Å². The van der Waals surface area contributed by atoms with Gasteiger partial charge in [-0.1, -0.05) is 35.5 Å². The first-order valence-corrected chi connectivity index (χ1v) is 6.36. The van der Waals surface area contributed by atoms with E-state index >= 15 is 0 Å². The lowest BCUT2D eigenvalue weighted by atomic mass is 9.70. The molecule has 0 N–H and O–H groups in total. The molecule has 1 saturated carbocycles. The number of ketones is 1. The molecule has 1 aromatic carbocycles. The van der Waals surface area contributed by atoms with Gasteiger partial charge in [-0.15, -0.1) is 0 Å². The van der Waals surface area contributed by atoms with Gasteiger partial charge in [0.15, 0.2) is 5.41 Å². The zero-order valence-electron chi connectivity index (χ0n) is 11.1. The van der Waals surface area contributed by atoms with Crippen LogP contribution in [0.15, 0.2) is 35.5 Å². The molecule has 0 heterocycles. The normalized spacial score (nSPS) is 16.7. The van der Waals surface area contributed by atoms with Crippen molar-refractivity contribution in [3.05, 3.63) is 35.9 Å². The average molecular weight is 270 g/mol. The van der Waals surface area contributed by atoms with Crippen molar-refractivity contribution in [1.82, 2.24) is 0 Å². The third-order valence-electron chi connectivity index (χ3n) is 3.44. The Labute approximate surface area is 116 Å². The fourth-order valence-electron chi connectivity index (χ4n) is 1.93. The molecule has 0 bridgehead atoms. The Bertz CT molecular complexity index is 595. The van der Waals surface area contributed by atoms with Crippen molar-refractivity contribution >= 4 is 17.5 Å². The number of nitriles is 1. The van der Waals surface area contributed by atoms with Crippen LogP contribution in [0.2, 0.25) is 0 Å². The van der Waals surface area contributed by atoms with E-state index in [4.69, 9.17) is 10.1 Å². The summed E-state index contributed by atoms with van der Waals surface area (Å²) in [5, 5.41) is 12.6. The smallest absolute Gasteiger partial charge is 0.316 e. The summed E-state index contributed by atoms with van der Waals surface area (Å²) >= 11 is 0. The van der Waals surface area contributed by atoms with E-state index in [1.807, 2.05) is 6.07 Å². The summed E-state index contributed by atoms with van der Waals surface area (Å²) in [5.74, 6) is -0.982. The van der Waals surface area contributed by atoms with Gasteiger partial charge >= 0.3 is 5.97 Å². The largest absolute Gasteiger partial charge is 0.355 e. The molecule has 1 fully saturated rings. The number of carbonyl (C=O) groups is 2. The zero-order valence-corrected chi connectivity index (χ0v) is 11.1. The molecule has 2 rings (SSSR count). The second-order valence-electron chi connectivity index (χ2n) is 4.80. The Morgan fingerprint density at radius 2 is 1.95 bits per heavy atom. The summed E-state index contributed by atoms with van der Waals surface area (Å²) in [4.78, 5) is 28.5. The van der Waals surface area contributed by atoms with Crippen LogP contribution < -0.4 is 0 Å². The maximum absolute atomic E-state index is 12.0. The summed E-state index contributed by atoms with van der Waals surface area (Å²) in [6, 6.07) is 10.6. The van der Waals surface area contributed by atoms with Crippen molar-refractivity contribution in [1.29, 1.82) is 5.26 Å². The zero-order chi connectivity index (χ0) is 14.6. The van der Waals surface area contributed by atoms with Gasteiger partial charge in [-0.05, 0) is 26.2 Å². The summed E-state index contributed by atoms with van der Waals surface area (Å²) in [7, 11) is 0. The molecule has 1 aromatic rings. The minimum Gasteiger partial charge on any atom is -0.316 e. The number of Topliss-reactive ketones (excluding diaryl/α,β-unsaturated/α-hetero) is 1. The number of hydrogen-bond donors (Lipinski definition) is 0. The first-order valence-electron chi connectivity index (χ1n) is 6.36. The monoisotopic (exact) mass is 270 g/mol.